The lowest BCUT2D eigenvalue weighted by Crippen LogP contribution is -2.23. The molecule has 19 heavy (non-hydrogen) atoms. The smallest absolute Gasteiger partial charge is 0.193 e. The number of nitrogens with one attached hydrogen (secondary N) is 1. The van der Waals surface area contributed by atoms with Crippen molar-refractivity contribution >= 4 is 11.6 Å². The summed E-state index contributed by atoms with van der Waals surface area (Å²) in [6.07, 6.45) is 0.907. The number of benzene rings is 2. The summed E-state index contributed by atoms with van der Waals surface area (Å²) in [6.45, 7) is 2.81. The molecule has 2 aromatic rings. The zero-order valence-corrected chi connectivity index (χ0v) is 11.1. The first-order valence-corrected chi connectivity index (χ1v) is 6.42. The Hall–Kier alpha value is -2.29. The van der Waals surface area contributed by atoms with Gasteiger partial charge in [-0.2, -0.15) is 0 Å². The zero-order valence-electron chi connectivity index (χ0n) is 11.1. The Morgan fingerprint density at radius 1 is 1.05 bits per heavy atom. The molecule has 3 nitrogen and oxygen atoms in total. The SMILES string of the molecule is Cc1ccccc1CCN=C(N)Nc1ccccc1. The minimum Gasteiger partial charge on any atom is -0.370 e. The topological polar surface area (TPSA) is 50.4 Å². The van der Waals surface area contributed by atoms with Gasteiger partial charge >= 0.3 is 0 Å². The maximum absolute atomic E-state index is 5.85. The highest BCUT2D eigenvalue weighted by atomic mass is 15.1. The van der Waals surface area contributed by atoms with Crippen molar-refractivity contribution in [3.05, 3.63) is 65.7 Å². The van der Waals surface area contributed by atoms with E-state index in [1.54, 1.807) is 0 Å². The normalized spacial score (nSPS) is 11.3. The molecular formula is C16H19N3. The first kappa shape index (κ1) is 13.1. The van der Waals surface area contributed by atoms with E-state index in [0.29, 0.717) is 12.5 Å². The number of hydrogen-bond acceptors (Lipinski definition) is 1. The van der Waals surface area contributed by atoms with Gasteiger partial charge in [0.15, 0.2) is 5.96 Å². The van der Waals surface area contributed by atoms with Crippen LogP contribution in [0.25, 0.3) is 0 Å². The van der Waals surface area contributed by atoms with Gasteiger partial charge in [0.25, 0.3) is 0 Å². The van der Waals surface area contributed by atoms with E-state index in [4.69, 9.17) is 5.73 Å². The molecule has 0 aromatic heterocycles. The second kappa shape index (κ2) is 6.59. The number of hydrogen-bond donors (Lipinski definition) is 2. The molecule has 3 heteroatoms. The molecule has 0 saturated heterocycles. The Bertz CT molecular complexity index is 547. The van der Waals surface area contributed by atoms with Crippen LogP contribution in [0.4, 0.5) is 5.69 Å². The number of aryl methyl sites for hydroxylation is 1. The van der Waals surface area contributed by atoms with E-state index in [2.05, 4.69) is 35.4 Å². The van der Waals surface area contributed by atoms with Crippen LogP contribution in [0.5, 0.6) is 0 Å². The third kappa shape index (κ3) is 4.14. The van der Waals surface area contributed by atoms with E-state index in [-0.39, 0.29) is 0 Å². The molecule has 0 aliphatic rings. The van der Waals surface area contributed by atoms with E-state index in [1.165, 1.54) is 11.1 Å². The second-order valence-electron chi connectivity index (χ2n) is 4.43. The monoisotopic (exact) mass is 253 g/mol. The molecule has 2 aromatic carbocycles. The van der Waals surface area contributed by atoms with E-state index in [1.807, 2.05) is 36.4 Å². The van der Waals surface area contributed by atoms with Crippen LogP contribution in [0.1, 0.15) is 11.1 Å². The summed E-state index contributed by atoms with van der Waals surface area (Å²) in [6, 6.07) is 18.2. The van der Waals surface area contributed by atoms with Gasteiger partial charge in [-0.05, 0) is 36.6 Å². The molecule has 0 saturated carbocycles. The highest BCUT2D eigenvalue weighted by molar-refractivity contribution is 5.92. The lowest BCUT2D eigenvalue weighted by molar-refractivity contribution is 0.954. The van der Waals surface area contributed by atoms with Crippen LogP contribution < -0.4 is 11.1 Å². The van der Waals surface area contributed by atoms with Crippen molar-refractivity contribution in [1.82, 2.24) is 0 Å². The number of aliphatic imine (C=N–C) groups is 1. The van der Waals surface area contributed by atoms with Crippen molar-refractivity contribution in [3.8, 4) is 0 Å². The van der Waals surface area contributed by atoms with Gasteiger partial charge in [-0.3, -0.25) is 4.99 Å². The van der Waals surface area contributed by atoms with Crippen molar-refractivity contribution in [3.63, 3.8) is 0 Å². The number of para-hydroxylation sites is 1. The number of anilines is 1. The summed E-state index contributed by atoms with van der Waals surface area (Å²) in [5, 5.41) is 3.07. The molecule has 0 aliphatic heterocycles. The summed E-state index contributed by atoms with van der Waals surface area (Å²) in [4.78, 5) is 4.34. The fourth-order valence-electron chi connectivity index (χ4n) is 1.90. The van der Waals surface area contributed by atoms with Gasteiger partial charge < -0.3 is 11.1 Å². The van der Waals surface area contributed by atoms with Gasteiger partial charge in [-0.1, -0.05) is 42.5 Å². The Labute approximate surface area is 114 Å². The highest BCUT2D eigenvalue weighted by Gasteiger charge is 1.97. The van der Waals surface area contributed by atoms with E-state index in [9.17, 15) is 0 Å². The molecule has 0 atom stereocenters. The maximum Gasteiger partial charge on any atom is 0.193 e. The fourth-order valence-corrected chi connectivity index (χ4v) is 1.90. The quantitative estimate of drug-likeness (QED) is 0.650. The fraction of sp³-hybridized carbons (Fsp3) is 0.188. The minimum atomic E-state index is 0.458. The van der Waals surface area contributed by atoms with Crippen molar-refractivity contribution < 1.29 is 0 Å². The van der Waals surface area contributed by atoms with Crippen LogP contribution in [0, 0.1) is 6.92 Å². The third-order valence-corrected chi connectivity index (χ3v) is 2.97. The molecule has 3 N–H and O–H groups in total. The predicted molar refractivity (Wildman–Crippen MR) is 81.4 cm³/mol. The van der Waals surface area contributed by atoms with Crippen LogP contribution in [-0.4, -0.2) is 12.5 Å². The summed E-state index contributed by atoms with van der Waals surface area (Å²) in [5.41, 5.74) is 9.42. The molecule has 0 amide bonds. The van der Waals surface area contributed by atoms with Gasteiger partial charge in [0.05, 0.1) is 0 Å². The van der Waals surface area contributed by atoms with Gasteiger partial charge in [-0.15, -0.1) is 0 Å². The molecule has 2 rings (SSSR count). The molecule has 0 fully saturated rings. The molecule has 0 bridgehead atoms. The van der Waals surface area contributed by atoms with Crippen molar-refractivity contribution in [2.24, 2.45) is 10.7 Å². The van der Waals surface area contributed by atoms with Crippen LogP contribution in [0.2, 0.25) is 0 Å². The summed E-state index contributed by atoms with van der Waals surface area (Å²) in [5.74, 6) is 0.458. The molecular weight excluding hydrogens is 234 g/mol. The lowest BCUT2D eigenvalue weighted by Gasteiger charge is -2.06. The first-order chi connectivity index (χ1) is 9.25. The van der Waals surface area contributed by atoms with Crippen molar-refractivity contribution in [2.75, 3.05) is 11.9 Å². The van der Waals surface area contributed by atoms with Gasteiger partial charge in [-0.25, -0.2) is 0 Å². The van der Waals surface area contributed by atoms with Crippen LogP contribution in [-0.2, 0) is 6.42 Å². The van der Waals surface area contributed by atoms with E-state index < -0.39 is 0 Å². The highest BCUT2D eigenvalue weighted by Crippen LogP contribution is 2.08. The van der Waals surface area contributed by atoms with Gasteiger partial charge in [0.1, 0.15) is 0 Å². The Morgan fingerprint density at radius 3 is 2.47 bits per heavy atom. The number of rotatable bonds is 4. The third-order valence-electron chi connectivity index (χ3n) is 2.97. The van der Waals surface area contributed by atoms with Gasteiger partial charge in [0, 0.05) is 12.2 Å². The largest absolute Gasteiger partial charge is 0.370 e. The zero-order chi connectivity index (χ0) is 13.5. The second-order valence-corrected chi connectivity index (χ2v) is 4.43. The van der Waals surface area contributed by atoms with Crippen LogP contribution >= 0.6 is 0 Å². The molecule has 0 radical (unpaired) electrons. The van der Waals surface area contributed by atoms with Crippen molar-refractivity contribution in [2.45, 2.75) is 13.3 Å². The van der Waals surface area contributed by atoms with E-state index >= 15 is 0 Å². The average molecular weight is 253 g/mol. The molecule has 0 unspecified atom stereocenters. The van der Waals surface area contributed by atoms with Crippen molar-refractivity contribution in [1.29, 1.82) is 0 Å². The minimum absolute atomic E-state index is 0.458. The first-order valence-electron chi connectivity index (χ1n) is 6.42. The average Bonchev–Trinajstić information content (AvgIpc) is 2.42. The predicted octanol–water partition coefficient (Wildman–Crippen LogP) is 2.96. The number of nitrogens with zero attached hydrogens (tertiary/aromatic N) is 1. The maximum atomic E-state index is 5.85. The summed E-state index contributed by atoms with van der Waals surface area (Å²) >= 11 is 0. The standard InChI is InChI=1S/C16H19N3/c1-13-7-5-6-8-14(13)11-12-18-16(17)19-15-9-3-2-4-10-15/h2-10H,11-12H2,1H3,(H3,17,18,19). The Balaban J connectivity index is 1.87. The Morgan fingerprint density at radius 2 is 1.74 bits per heavy atom. The molecule has 0 spiro atoms. The summed E-state index contributed by atoms with van der Waals surface area (Å²) in [7, 11) is 0. The lowest BCUT2D eigenvalue weighted by atomic mass is 10.1. The van der Waals surface area contributed by atoms with Crippen LogP contribution in [0.15, 0.2) is 59.6 Å². The molecule has 0 heterocycles. The van der Waals surface area contributed by atoms with Crippen LogP contribution in [0.3, 0.4) is 0 Å². The van der Waals surface area contributed by atoms with Gasteiger partial charge in [0.2, 0.25) is 0 Å². The summed E-state index contributed by atoms with van der Waals surface area (Å²) < 4.78 is 0. The molecule has 98 valence electrons. The number of guanidine groups is 1. The number of nitrogens with two attached hydrogens (primary N) is 1. The molecule has 0 aliphatic carbocycles. The van der Waals surface area contributed by atoms with E-state index in [0.717, 1.165) is 12.1 Å². The Kier molecular flexibility index (Phi) is 4.56.